The van der Waals surface area contributed by atoms with Gasteiger partial charge in [-0.05, 0) is 0 Å². The summed E-state index contributed by atoms with van der Waals surface area (Å²) in [5.41, 5.74) is 0. The van der Waals surface area contributed by atoms with Crippen LogP contribution >= 0.6 is 0 Å². The fourth-order valence-corrected chi connectivity index (χ4v) is 3.81. The van der Waals surface area contributed by atoms with Gasteiger partial charge in [-0.1, -0.05) is 72.8 Å². The van der Waals surface area contributed by atoms with E-state index in [4.69, 9.17) is 0 Å². The fraction of sp³-hybridized carbons (Fsp3) is 0. The summed E-state index contributed by atoms with van der Waals surface area (Å²) in [7, 11) is 0. The number of hydrogen-bond donors (Lipinski definition) is 0. The zero-order valence-electron chi connectivity index (χ0n) is 15.1. The van der Waals surface area contributed by atoms with Crippen molar-refractivity contribution < 1.29 is 0 Å². The van der Waals surface area contributed by atoms with Gasteiger partial charge in [0.2, 0.25) is 0 Å². The maximum absolute atomic E-state index is 2.24. The Balaban J connectivity index is 0.000000129. The molecule has 0 nitrogen and oxygen atoms in total. The van der Waals surface area contributed by atoms with E-state index in [1.165, 1.54) is 43.1 Å². The summed E-state index contributed by atoms with van der Waals surface area (Å²) < 4.78 is 0. The molecule has 0 heterocycles. The molecule has 6 rings (SSSR count). The SMILES string of the molecule is [Mg+2].c1ccc2c(c1)[cH-]c1ccccc12.c1ccc2c(c1)[cH-]c1ccccc12. The van der Waals surface area contributed by atoms with Crippen molar-refractivity contribution in [2.75, 3.05) is 0 Å². The van der Waals surface area contributed by atoms with Gasteiger partial charge in [0, 0.05) is 0 Å². The molecule has 0 aromatic heterocycles. The van der Waals surface area contributed by atoms with Gasteiger partial charge in [-0.2, -0.15) is 0 Å². The van der Waals surface area contributed by atoms with E-state index in [0.29, 0.717) is 0 Å². The molecular formula is C26H18Mg. The summed E-state index contributed by atoms with van der Waals surface area (Å²) in [6.07, 6.45) is 0. The van der Waals surface area contributed by atoms with E-state index >= 15 is 0 Å². The van der Waals surface area contributed by atoms with Crippen LogP contribution in [0.1, 0.15) is 0 Å². The molecular weight excluding hydrogens is 337 g/mol. The molecule has 6 aromatic carbocycles. The fourth-order valence-electron chi connectivity index (χ4n) is 3.81. The van der Waals surface area contributed by atoms with E-state index < -0.39 is 0 Å². The molecule has 0 amide bonds. The Hall–Kier alpha value is -2.61. The first kappa shape index (κ1) is 17.8. The van der Waals surface area contributed by atoms with Gasteiger partial charge in [0.1, 0.15) is 0 Å². The maximum atomic E-state index is 2.24. The predicted octanol–water partition coefficient (Wildman–Crippen LogP) is 7.04. The summed E-state index contributed by atoms with van der Waals surface area (Å²) in [4.78, 5) is 0. The first-order valence-corrected chi connectivity index (χ1v) is 8.96. The molecule has 0 saturated heterocycles. The number of benzene rings is 4. The Bertz CT molecular complexity index is 1130. The molecule has 0 N–H and O–H groups in total. The summed E-state index contributed by atoms with van der Waals surface area (Å²) in [5, 5.41) is 10.8. The first-order valence-electron chi connectivity index (χ1n) is 8.96. The molecule has 0 bridgehead atoms. The van der Waals surface area contributed by atoms with Crippen LogP contribution in [-0.2, 0) is 0 Å². The Kier molecular flexibility index (Phi) is 4.98. The van der Waals surface area contributed by atoms with Crippen molar-refractivity contribution >= 4 is 66.1 Å². The van der Waals surface area contributed by atoms with Crippen LogP contribution in [0.25, 0.3) is 43.1 Å². The van der Waals surface area contributed by atoms with Crippen LogP contribution < -0.4 is 0 Å². The van der Waals surface area contributed by atoms with Crippen molar-refractivity contribution in [3.63, 3.8) is 0 Å². The van der Waals surface area contributed by atoms with Crippen LogP contribution in [0.2, 0.25) is 0 Å². The minimum Gasteiger partial charge on any atom is -0.126 e. The summed E-state index contributed by atoms with van der Waals surface area (Å²) >= 11 is 0. The van der Waals surface area contributed by atoms with E-state index in [1.54, 1.807) is 0 Å². The van der Waals surface area contributed by atoms with E-state index in [-0.39, 0.29) is 23.1 Å². The molecule has 1 heteroatoms. The smallest absolute Gasteiger partial charge is 0.126 e. The van der Waals surface area contributed by atoms with Crippen LogP contribution in [0.3, 0.4) is 0 Å². The van der Waals surface area contributed by atoms with Gasteiger partial charge in [0.25, 0.3) is 0 Å². The average molecular weight is 355 g/mol. The van der Waals surface area contributed by atoms with Crippen molar-refractivity contribution in [1.82, 2.24) is 0 Å². The monoisotopic (exact) mass is 354 g/mol. The van der Waals surface area contributed by atoms with Gasteiger partial charge in [-0.25, -0.2) is 0 Å². The second-order valence-electron chi connectivity index (χ2n) is 6.64. The van der Waals surface area contributed by atoms with E-state index in [2.05, 4.69) is 109 Å². The topological polar surface area (TPSA) is 0 Å². The Morgan fingerprint density at radius 3 is 0.815 bits per heavy atom. The molecule has 27 heavy (non-hydrogen) atoms. The van der Waals surface area contributed by atoms with E-state index in [0.717, 1.165) is 0 Å². The number of hydrogen-bond acceptors (Lipinski definition) is 0. The first-order chi connectivity index (χ1) is 12.9. The van der Waals surface area contributed by atoms with Crippen molar-refractivity contribution in [2.24, 2.45) is 0 Å². The minimum atomic E-state index is 0. The van der Waals surface area contributed by atoms with Crippen LogP contribution in [0, 0.1) is 0 Å². The molecule has 0 atom stereocenters. The second kappa shape index (κ2) is 7.55. The molecule has 0 radical (unpaired) electrons. The van der Waals surface area contributed by atoms with Crippen molar-refractivity contribution in [3.05, 3.63) is 109 Å². The van der Waals surface area contributed by atoms with Crippen LogP contribution in [0.15, 0.2) is 109 Å². The molecule has 124 valence electrons. The Morgan fingerprint density at radius 1 is 0.333 bits per heavy atom. The molecule has 0 aliphatic heterocycles. The Morgan fingerprint density at radius 2 is 0.556 bits per heavy atom. The Labute approximate surface area is 174 Å². The van der Waals surface area contributed by atoms with Crippen molar-refractivity contribution in [3.8, 4) is 0 Å². The summed E-state index contributed by atoms with van der Waals surface area (Å²) in [6, 6.07) is 38.5. The van der Waals surface area contributed by atoms with Crippen LogP contribution in [0.5, 0.6) is 0 Å². The number of fused-ring (bicyclic) bond motifs is 6. The largest absolute Gasteiger partial charge is 2.00 e. The van der Waals surface area contributed by atoms with Crippen LogP contribution in [0.4, 0.5) is 0 Å². The van der Waals surface area contributed by atoms with Gasteiger partial charge in [0.15, 0.2) is 0 Å². The minimum absolute atomic E-state index is 0. The third-order valence-electron chi connectivity index (χ3n) is 5.05. The normalized spacial score (nSPS) is 10.7. The molecule has 0 saturated carbocycles. The average Bonchev–Trinajstić information content (AvgIpc) is 3.27. The third-order valence-corrected chi connectivity index (χ3v) is 5.05. The standard InChI is InChI=1S/2C13H9.Mg/c2*1-3-7-12-10(5-1)9-11-6-2-4-8-13(11)12;/h2*1-9H;/q2*-1;+2. The molecule has 0 fully saturated rings. The van der Waals surface area contributed by atoms with Gasteiger partial charge in [-0.3, -0.25) is 0 Å². The molecule has 6 aromatic rings. The third kappa shape index (κ3) is 3.25. The van der Waals surface area contributed by atoms with Gasteiger partial charge in [0.05, 0.1) is 0 Å². The van der Waals surface area contributed by atoms with Crippen molar-refractivity contribution in [2.45, 2.75) is 0 Å². The molecule has 0 aliphatic carbocycles. The van der Waals surface area contributed by atoms with Gasteiger partial charge >= 0.3 is 23.1 Å². The van der Waals surface area contributed by atoms with Crippen molar-refractivity contribution in [1.29, 1.82) is 0 Å². The zero-order chi connectivity index (χ0) is 17.3. The zero-order valence-corrected chi connectivity index (χ0v) is 16.5. The molecule has 0 unspecified atom stereocenters. The maximum Gasteiger partial charge on any atom is 2.00 e. The predicted molar refractivity (Wildman–Crippen MR) is 120 cm³/mol. The van der Waals surface area contributed by atoms with E-state index in [9.17, 15) is 0 Å². The number of rotatable bonds is 0. The second-order valence-corrected chi connectivity index (χ2v) is 6.64. The molecule has 0 spiro atoms. The van der Waals surface area contributed by atoms with Crippen LogP contribution in [-0.4, -0.2) is 23.1 Å². The van der Waals surface area contributed by atoms with Gasteiger partial charge in [-0.15, -0.1) is 79.5 Å². The van der Waals surface area contributed by atoms with Gasteiger partial charge < -0.3 is 0 Å². The quantitative estimate of drug-likeness (QED) is 0.203. The van der Waals surface area contributed by atoms with E-state index in [1.807, 2.05) is 0 Å². The molecule has 0 aliphatic rings. The summed E-state index contributed by atoms with van der Waals surface area (Å²) in [6.45, 7) is 0. The summed E-state index contributed by atoms with van der Waals surface area (Å²) in [5.74, 6) is 0.